The summed E-state index contributed by atoms with van der Waals surface area (Å²) >= 11 is 0. The molecule has 4 nitrogen and oxygen atoms in total. The highest BCUT2D eigenvalue weighted by Crippen LogP contribution is 2.16. The SMILES string of the molecule is CN1CCC(Nc2ccc(Cn3cccn3)cc2)C1. The molecule has 1 aromatic heterocycles. The molecule has 0 spiro atoms. The van der Waals surface area contributed by atoms with Gasteiger partial charge in [0.1, 0.15) is 0 Å². The van der Waals surface area contributed by atoms with Gasteiger partial charge < -0.3 is 10.2 Å². The van der Waals surface area contributed by atoms with E-state index in [0.717, 1.165) is 13.1 Å². The van der Waals surface area contributed by atoms with Gasteiger partial charge in [-0.25, -0.2) is 0 Å². The van der Waals surface area contributed by atoms with Gasteiger partial charge in [-0.15, -0.1) is 0 Å². The highest BCUT2D eigenvalue weighted by Gasteiger charge is 2.18. The van der Waals surface area contributed by atoms with E-state index in [1.54, 1.807) is 0 Å². The Morgan fingerprint density at radius 3 is 2.79 bits per heavy atom. The number of likely N-dealkylation sites (N-methyl/N-ethyl adjacent to an activating group) is 1. The van der Waals surface area contributed by atoms with E-state index in [1.807, 2.05) is 23.1 Å². The zero-order chi connectivity index (χ0) is 13.1. The molecule has 1 aliphatic rings. The Morgan fingerprint density at radius 1 is 1.32 bits per heavy atom. The Kier molecular flexibility index (Phi) is 3.51. The second-order valence-electron chi connectivity index (χ2n) is 5.29. The lowest BCUT2D eigenvalue weighted by atomic mass is 10.2. The van der Waals surface area contributed by atoms with Gasteiger partial charge in [0.2, 0.25) is 0 Å². The van der Waals surface area contributed by atoms with Crippen LogP contribution in [0.3, 0.4) is 0 Å². The molecule has 2 aromatic rings. The van der Waals surface area contributed by atoms with Crippen LogP contribution in [0.25, 0.3) is 0 Å². The maximum absolute atomic E-state index is 4.22. The minimum atomic E-state index is 0.585. The lowest BCUT2D eigenvalue weighted by Gasteiger charge is -2.14. The maximum Gasteiger partial charge on any atom is 0.0659 e. The molecule has 0 saturated carbocycles. The first kappa shape index (κ1) is 12.2. The molecule has 1 unspecified atom stereocenters. The molecule has 1 atom stereocenters. The first-order valence-electron chi connectivity index (χ1n) is 6.81. The fourth-order valence-electron chi connectivity index (χ4n) is 2.58. The van der Waals surface area contributed by atoms with Crippen molar-refractivity contribution in [3.63, 3.8) is 0 Å². The molecular weight excluding hydrogens is 236 g/mol. The first-order valence-corrected chi connectivity index (χ1v) is 6.81. The maximum atomic E-state index is 4.22. The van der Waals surface area contributed by atoms with Gasteiger partial charge in [0.15, 0.2) is 0 Å². The topological polar surface area (TPSA) is 33.1 Å². The predicted molar refractivity (Wildman–Crippen MR) is 77.3 cm³/mol. The fraction of sp³-hybridized carbons (Fsp3) is 0.400. The highest BCUT2D eigenvalue weighted by molar-refractivity contribution is 5.45. The normalized spacial score (nSPS) is 19.7. The van der Waals surface area contributed by atoms with Crippen LogP contribution in [-0.2, 0) is 6.54 Å². The van der Waals surface area contributed by atoms with Crippen molar-refractivity contribution in [2.24, 2.45) is 0 Å². The van der Waals surface area contributed by atoms with Gasteiger partial charge in [-0.2, -0.15) is 5.10 Å². The number of aromatic nitrogens is 2. The van der Waals surface area contributed by atoms with E-state index in [4.69, 9.17) is 0 Å². The summed E-state index contributed by atoms with van der Waals surface area (Å²) in [7, 11) is 2.18. The highest BCUT2D eigenvalue weighted by atomic mass is 15.3. The molecule has 0 aliphatic carbocycles. The van der Waals surface area contributed by atoms with E-state index >= 15 is 0 Å². The first-order chi connectivity index (χ1) is 9.29. The van der Waals surface area contributed by atoms with Gasteiger partial charge >= 0.3 is 0 Å². The number of nitrogens with one attached hydrogen (secondary N) is 1. The van der Waals surface area contributed by atoms with Crippen molar-refractivity contribution < 1.29 is 0 Å². The molecule has 1 N–H and O–H groups in total. The van der Waals surface area contributed by atoms with Crippen LogP contribution in [0, 0.1) is 0 Å². The van der Waals surface area contributed by atoms with Crippen LogP contribution in [0.4, 0.5) is 5.69 Å². The number of hydrogen-bond donors (Lipinski definition) is 1. The number of likely N-dealkylation sites (tertiary alicyclic amines) is 1. The second kappa shape index (κ2) is 5.45. The van der Waals surface area contributed by atoms with Gasteiger partial charge in [0, 0.05) is 30.7 Å². The second-order valence-corrected chi connectivity index (χ2v) is 5.29. The van der Waals surface area contributed by atoms with Crippen LogP contribution in [0.5, 0.6) is 0 Å². The van der Waals surface area contributed by atoms with Crippen molar-refractivity contribution in [1.29, 1.82) is 0 Å². The summed E-state index contributed by atoms with van der Waals surface area (Å²) in [6.07, 6.45) is 5.03. The van der Waals surface area contributed by atoms with Crippen LogP contribution in [0.1, 0.15) is 12.0 Å². The largest absolute Gasteiger partial charge is 0.381 e. The molecule has 1 aliphatic heterocycles. The average Bonchev–Trinajstić information content (AvgIpc) is 3.04. The Balaban J connectivity index is 1.59. The van der Waals surface area contributed by atoms with Crippen LogP contribution < -0.4 is 5.32 Å². The standard InChI is InChI=1S/C15H20N4/c1-18-10-7-15(12-18)17-14-5-3-13(4-6-14)11-19-9-2-8-16-19/h2-6,8-9,15,17H,7,10-12H2,1H3. The fourth-order valence-corrected chi connectivity index (χ4v) is 2.58. The molecule has 0 amide bonds. The lowest BCUT2D eigenvalue weighted by molar-refractivity contribution is 0.414. The summed E-state index contributed by atoms with van der Waals surface area (Å²) in [5.74, 6) is 0. The minimum absolute atomic E-state index is 0.585. The van der Waals surface area contributed by atoms with Crippen molar-refractivity contribution >= 4 is 5.69 Å². The van der Waals surface area contributed by atoms with E-state index in [2.05, 4.69) is 46.6 Å². The number of rotatable bonds is 4. The van der Waals surface area contributed by atoms with E-state index < -0.39 is 0 Å². The molecular formula is C15H20N4. The Bertz CT molecular complexity index is 503. The van der Waals surface area contributed by atoms with Gasteiger partial charge in [0.05, 0.1) is 6.54 Å². The van der Waals surface area contributed by atoms with Crippen molar-refractivity contribution in [3.05, 3.63) is 48.3 Å². The van der Waals surface area contributed by atoms with Gasteiger partial charge in [-0.3, -0.25) is 4.68 Å². The zero-order valence-corrected chi connectivity index (χ0v) is 11.3. The molecule has 2 heterocycles. The number of hydrogen-bond acceptors (Lipinski definition) is 3. The van der Waals surface area contributed by atoms with E-state index in [9.17, 15) is 0 Å². The quantitative estimate of drug-likeness (QED) is 0.909. The van der Waals surface area contributed by atoms with Crippen LogP contribution in [0.2, 0.25) is 0 Å². The van der Waals surface area contributed by atoms with Crippen molar-refractivity contribution in [1.82, 2.24) is 14.7 Å². The summed E-state index contributed by atoms with van der Waals surface area (Å²) in [6.45, 7) is 3.16. The summed E-state index contributed by atoms with van der Waals surface area (Å²) in [6, 6.07) is 11.2. The average molecular weight is 256 g/mol. The molecule has 19 heavy (non-hydrogen) atoms. The summed E-state index contributed by atoms with van der Waals surface area (Å²) in [5, 5.41) is 7.81. The Hall–Kier alpha value is -1.81. The van der Waals surface area contributed by atoms with E-state index in [0.29, 0.717) is 6.04 Å². The molecule has 1 aromatic carbocycles. The molecule has 3 rings (SSSR count). The number of nitrogens with zero attached hydrogens (tertiary/aromatic N) is 3. The van der Waals surface area contributed by atoms with E-state index in [1.165, 1.54) is 24.2 Å². The number of anilines is 1. The third-order valence-electron chi connectivity index (χ3n) is 3.62. The molecule has 0 radical (unpaired) electrons. The van der Waals surface area contributed by atoms with Crippen molar-refractivity contribution in [2.45, 2.75) is 19.0 Å². The van der Waals surface area contributed by atoms with Crippen molar-refractivity contribution in [3.8, 4) is 0 Å². The van der Waals surface area contributed by atoms with Gasteiger partial charge in [0.25, 0.3) is 0 Å². The van der Waals surface area contributed by atoms with Crippen LogP contribution >= 0.6 is 0 Å². The Morgan fingerprint density at radius 2 is 2.16 bits per heavy atom. The Labute approximate surface area is 114 Å². The predicted octanol–water partition coefficient (Wildman–Crippen LogP) is 2.05. The minimum Gasteiger partial charge on any atom is -0.381 e. The number of benzene rings is 1. The zero-order valence-electron chi connectivity index (χ0n) is 11.3. The smallest absolute Gasteiger partial charge is 0.0659 e. The van der Waals surface area contributed by atoms with Gasteiger partial charge in [-0.1, -0.05) is 12.1 Å². The summed E-state index contributed by atoms with van der Waals surface area (Å²) in [5.41, 5.74) is 2.49. The molecule has 100 valence electrons. The van der Waals surface area contributed by atoms with Gasteiger partial charge in [-0.05, 0) is 43.8 Å². The molecule has 4 heteroatoms. The molecule has 1 fully saturated rings. The summed E-state index contributed by atoms with van der Waals surface area (Å²) < 4.78 is 1.94. The third kappa shape index (κ3) is 3.15. The van der Waals surface area contributed by atoms with Crippen molar-refractivity contribution in [2.75, 3.05) is 25.5 Å². The molecule has 0 bridgehead atoms. The summed E-state index contributed by atoms with van der Waals surface area (Å²) in [4.78, 5) is 2.36. The van der Waals surface area contributed by atoms with E-state index in [-0.39, 0.29) is 0 Å². The van der Waals surface area contributed by atoms with Crippen LogP contribution in [-0.4, -0.2) is 40.9 Å². The molecule has 1 saturated heterocycles. The lowest BCUT2D eigenvalue weighted by Crippen LogP contribution is -2.23. The third-order valence-corrected chi connectivity index (χ3v) is 3.62. The monoisotopic (exact) mass is 256 g/mol. The van der Waals surface area contributed by atoms with Crippen LogP contribution in [0.15, 0.2) is 42.7 Å².